The van der Waals surface area contributed by atoms with E-state index in [0.717, 1.165) is 19.6 Å². The molecule has 11 heavy (non-hydrogen) atoms. The van der Waals surface area contributed by atoms with Crippen molar-refractivity contribution in [3.05, 3.63) is 12.2 Å². The Morgan fingerprint density at radius 3 is 2.82 bits per heavy atom. The van der Waals surface area contributed by atoms with Gasteiger partial charge in [-0.05, 0) is 0 Å². The summed E-state index contributed by atoms with van der Waals surface area (Å²) in [6.07, 6.45) is 4.10. The summed E-state index contributed by atoms with van der Waals surface area (Å²) in [5, 5.41) is 16.0. The van der Waals surface area contributed by atoms with Crippen molar-refractivity contribution >= 4 is 0 Å². The van der Waals surface area contributed by atoms with Gasteiger partial charge in [0.2, 0.25) is 0 Å². The SMILES string of the molecule is OC1CNCC1C1C=CCN1. The van der Waals surface area contributed by atoms with Gasteiger partial charge < -0.3 is 15.7 Å². The van der Waals surface area contributed by atoms with Crippen LogP contribution in [0.1, 0.15) is 0 Å². The fourth-order valence-corrected chi connectivity index (χ4v) is 1.83. The van der Waals surface area contributed by atoms with E-state index >= 15 is 0 Å². The Balaban J connectivity index is 1.97. The lowest BCUT2D eigenvalue weighted by molar-refractivity contribution is 0.136. The molecule has 0 aromatic carbocycles. The number of hydrogen-bond acceptors (Lipinski definition) is 3. The first kappa shape index (κ1) is 7.28. The summed E-state index contributed by atoms with van der Waals surface area (Å²) in [5.41, 5.74) is 0. The van der Waals surface area contributed by atoms with Gasteiger partial charge in [0.1, 0.15) is 0 Å². The molecular formula is C8H14N2O. The summed E-state index contributed by atoms with van der Waals surface area (Å²) < 4.78 is 0. The summed E-state index contributed by atoms with van der Waals surface area (Å²) in [6.45, 7) is 2.63. The van der Waals surface area contributed by atoms with Crippen LogP contribution in [0, 0.1) is 5.92 Å². The van der Waals surface area contributed by atoms with Crippen LogP contribution in [0.5, 0.6) is 0 Å². The van der Waals surface area contributed by atoms with E-state index in [2.05, 4.69) is 22.8 Å². The van der Waals surface area contributed by atoms with Gasteiger partial charge in [-0.15, -0.1) is 0 Å². The van der Waals surface area contributed by atoms with Gasteiger partial charge in [-0.2, -0.15) is 0 Å². The lowest BCUT2D eigenvalue weighted by Gasteiger charge is -2.19. The molecule has 62 valence electrons. The first-order valence-electron chi connectivity index (χ1n) is 4.17. The summed E-state index contributed by atoms with van der Waals surface area (Å²) in [4.78, 5) is 0. The molecule has 3 N–H and O–H groups in total. The van der Waals surface area contributed by atoms with Gasteiger partial charge in [0.25, 0.3) is 0 Å². The number of aliphatic hydroxyl groups is 1. The Bertz CT molecular complexity index is 169. The minimum absolute atomic E-state index is 0.171. The van der Waals surface area contributed by atoms with Gasteiger partial charge in [-0.25, -0.2) is 0 Å². The topological polar surface area (TPSA) is 44.3 Å². The molecule has 2 heterocycles. The molecule has 2 aliphatic heterocycles. The molecule has 0 aromatic rings. The molecule has 2 aliphatic rings. The van der Waals surface area contributed by atoms with Gasteiger partial charge in [0, 0.05) is 31.6 Å². The van der Waals surface area contributed by atoms with E-state index in [4.69, 9.17) is 0 Å². The van der Waals surface area contributed by atoms with Crippen molar-refractivity contribution in [2.45, 2.75) is 12.1 Å². The summed E-state index contributed by atoms with van der Waals surface area (Å²) >= 11 is 0. The first-order chi connectivity index (χ1) is 5.38. The molecule has 3 nitrogen and oxygen atoms in total. The minimum atomic E-state index is -0.171. The maximum Gasteiger partial charge on any atom is 0.0722 e. The summed E-state index contributed by atoms with van der Waals surface area (Å²) in [6, 6.07) is 0.389. The molecule has 0 amide bonds. The standard InChI is InChI=1S/C8H14N2O/c11-8-5-9-4-6(8)7-2-1-3-10-7/h1-2,6-11H,3-5H2. The van der Waals surface area contributed by atoms with Crippen LogP contribution in [0.3, 0.4) is 0 Å². The first-order valence-corrected chi connectivity index (χ1v) is 4.17. The smallest absolute Gasteiger partial charge is 0.0722 e. The highest BCUT2D eigenvalue weighted by atomic mass is 16.3. The molecule has 0 spiro atoms. The number of nitrogens with one attached hydrogen (secondary N) is 2. The highest BCUT2D eigenvalue weighted by Gasteiger charge is 2.31. The molecule has 0 bridgehead atoms. The van der Waals surface area contributed by atoms with Gasteiger partial charge >= 0.3 is 0 Å². The highest BCUT2D eigenvalue weighted by molar-refractivity contribution is 5.07. The summed E-state index contributed by atoms with van der Waals surface area (Å²) in [7, 11) is 0. The van der Waals surface area contributed by atoms with E-state index in [1.165, 1.54) is 0 Å². The minimum Gasteiger partial charge on any atom is -0.391 e. The van der Waals surface area contributed by atoms with Crippen LogP contribution in [0.2, 0.25) is 0 Å². The van der Waals surface area contributed by atoms with Crippen molar-refractivity contribution in [2.75, 3.05) is 19.6 Å². The fourth-order valence-electron chi connectivity index (χ4n) is 1.83. The molecule has 3 unspecified atom stereocenters. The molecule has 0 radical (unpaired) electrons. The molecule has 0 aliphatic carbocycles. The van der Waals surface area contributed by atoms with Gasteiger partial charge in [-0.3, -0.25) is 0 Å². The zero-order chi connectivity index (χ0) is 7.68. The molecule has 1 saturated heterocycles. The highest BCUT2D eigenvalue weighted by Crippen LogP contribution is 2.16. The largest absolute Gasteiger partial charge is 0.391 e. The predicted molar refractivity (Wildman–Crippen MR) is 43.3 cm³/mol. The number of β-amino-alcohol motifs (C(OH)–C–C–N with tert-alkyl or cyclic N) is 1. The molecular weight excluding hydrogens is 140 g/mol. The second-order valence-corrected chi connectivity index (χ2v) is 3.25. The van der Waals surface area contributed by atoms with Crippen LogP contribution in [-0.4, -0.2) is 36.9 Å². The van der Waals surface area contributed by atoms with Gasteiger partial charge in [0.05, 0.1) is 6.10 Å². The zero-order valence-electron chi connectivity index (χ0n) is 6.46. The summed E-state index contributed by atoms with van der Waals surface area (Å²) in [5.74, 6) is 0.369. The second-order valence-electron chi connectivity index (χ2n) is 3.25. The third-order valence-corrected chi connectivity index (χ3v) is 2.50. The normalized spacial score (nSPS) is 43.5. The van der Waals surface area contributed by atoms with E-state index < -0.39 is 0 Å². The monoisotopic (exact) mass is 154 g/mol. The molecule has 3 heteroatoms. The molecule has 3 atom stereocenters. The zero-order valence-corrected chi connectivity index (χ0v) is 6.46. The third-order valence-electron chi connectivity index (χ3n) is 2.50. The maximum absolute atomic E-state index is 9.51. The quantitative estimate of drug-likeness (QED) is 0.429. The van der Waals surface area contributed by atoms with Gasteiger partial charge in [-0.1, -0.05) is 12.2 Å². The fraction of sp³-hybridized carbons (Fsp3) is 0.750. The Morgan fingerprint density at radius 1 is 1.36 bits per heavy atom. The van der Waals surface area contributed by atoms with E-state index in [9.17, 15) is 5.11 Å². The molecule has 0 aromatic heterocycles. The number of hydrogen-bond donors (Lipinski definition) is 3. The van der Waals surface area contributed by atoms with Crippen LogP contribution in [-0.2, 0) is 0 Å². The van der Waals surface area contributed by atoms with Crippen molar-refractivity contribution in [1.82, 2.24) is 10.6 Å². The van der Waals surface area contributed by atoms with Crippen LogP contribution >= 0.6 is 0 Å². The molecule has 2 rings (SSSR count). The van der Waals surface area contributed by atoms with Crippen LogP contribution in [0.25, 0.3) is 0 Å². The average Bonchev–Trinajstić information content (AvgIpc) is 2.55. The predicted octanol–water partition coefficient (Wildman–Crippen LogP) is -0.905. The van der Waals surface area contributed by atoms with E-state index in [1.807, 2.05) is 0 Å². The van der Waals surface area contributed by atoms with Gasteiger partial charge in [0.15, 0.2) is 0 Å². The van der Waals surface area contributed by atoms with Crippen molar-refractivity contribution in [1.29, 1.82) is 0 Å². The average molecular weight is 154 g/mol. The van der Waals surface area contributed by atoms with E-state index in [0.29, 0.717) is 12.0 Å². The van der Waals surface area contributed by atoms with Crippen molar-refractivity contribution in [3.63, 3.8) is 0 Å². The lowest BCUT2D eigenvalue weighted by atomic mass is 9.98. The Morgan fingerprint density at radius 2 is 2.27 bits per heavy atom. The Kier molecular flexibility index (Phi) is 1.94. The number of aliphatic hydroxyl groups excluding tert-OH is 1. The van der Waals surface area contributed by atoms with Crippen molar-refractivity contribution in [2.24, 2.45) is 5.92 Å². The lowest BCUT2D eigenvalue weighted by Crippen LogP contribution is -2.37. The van der Waals surface area contributed by atoms with Crippen LogP contribution in [0.4, 0.5) is 0 Å². The second kappa shape index (κ2) is 2.93. The molecule has 1 fully saturated rings. The maximum atomic E-state index is 9.51. The third kappa shape index (κ3) is 1.31. The van der Waals surface area contributed by atoms with Crippen LogP contribution < -0.4 is 10.6 Å². The molecule has 0 saturated carbocycles. The van der Waals surface area contributed by atoms with Crippen molar-refractivity contribution in [3.8, 4) is 0 Å². The Hall–Kier alpha value is -0.380. The Labute approximate surface area is 66.5 Å². The van der Waals surface area contributed by atoms with Crippen LogP contribution in [0.15, 0.2) is 12.2 Å². The van der Waals surface area contributed by atoms with Crippen molar-refractivity contribution < 1.29 is 5.11 Å². The van der Waals surface area contributed by atoms with E-state index in [-0.39, 0.29) is 6.10 Å². The number of rotatable bonds is 1. The van der Waals surface area contributed by atoms with E-state index in [1.54, 1.807) is 0 Å².